The molecule has 8 nitrogen and oxygen atoms in total. The molecule has 1 aromatic heterocycles. The lowest BCUT2D eigenvalue weighted by molar-refractivity contribution is -0.137. The maximum Gasteiger partial charge on any atom is 0.255 e. The van der Waals surface area contributed by atoms with Crippen molar-refractivity contribution in [3.8, 4) is 11.3 Å². The molecule has 1 saturated heterocycles. The molecule has 0 saturated carbocycles. The Morgan fingerprint density at radius 3 is 2.72 bits per heavy atom. The molecular formula is C24H20N4O4. The average molecular weight is 428 g/mol. The molecule has 0 radical (unpaired) electrons. The Bertz CT molecular complexity index is 1320. The van der Waals surface area contributed by atoms with E-state index in [1.165, 1.54) is 11.8 Å². The highest BCUT2D eigenvalue weighted by Crippen LogP contribution is 2.34. The van der Waals surface area contributed by atoms with Gasteiger partial charge in [-0.15, -0.1) is 0 Å². The van der Waals surface area contributed by atoms with Crippen LogP contribution in [0.1, 0.15) is 35.7 Å². The zero-order valence-electron chi connectivity index (χ0n) is 17.3. The number of imide groups is 1. The summed E-state index contributed by atoms with van der Waals surface area (Å²) < 4.78 is 0. The lowest BCUT2D eigenvalue weighted by atomic mass is 10.00. The molecule has 1 atom stereocenters. The molecule has 2 aliphatic heterocycles. The normalized spacial score (nSPS) is 18.0. The highest BCUT2D eigenvalue weighted by atomic mass is 16.2. The highest BCUT2D eigenvalue weighted by Gasteiger charge is 2.39. The van der Waals surface area contributed by atoms with E-state index >= 15 is 0 Å². The van der Waals surface area contributed by atoms with Gasteiger partial charge in [-0.05, 0) is 35.6 Å². The first-order valence-corrected chi connectivity index (χ1v) is 10.4. The number of amides is 4. The summed E-state index contributed by atoms with van der Waals surface area (Å²) >= 11 is 0. The topological polar surface area (TPSA) is 108 Å². The third-order valence-corrected chi connectivity index (χ3v) is 5.84. The van der Waals surface area contributed by atoms with Crippen LogP contribution in [-0.2, 0) is 20.9 Å². The summed E-state index contributed by atoms with van der Waals surface area (Å²) in [4.78, 5) is 54.5. The van der Waals surface area contributed by atoms with Gasteiger partial charge in [-0.3, -0.25) is 24.5 Å². The number of nitrogens with one attached hydrogen (secondary N) is 2. The van der Waals surface area contributed by atoms with Gasteiger partial charge in [-0.2, -0.15) is 0 Å². The zero-order valence-corrected chi connectivity index (χ0v) is 17.3. The van der Waals surface area contributed by atoms with Gasteiger partial charge in [-0.1, -0.05) is 30.3 Å². The van der Waals surface area contributed by atoms with E-state index in [9.17, 15) is 19.2 Å². The second kappa shape index (κ2) is 7.56. The van der Waals surface area contributed by atoms with Crippen molar-refractivity contribution >= 4 is 40.2 Å². The van der Waals surface area contributed by atoms with E-state index in [0.29, 0.717) is 23.5 Å². The molecule has 4 amide bonds. The Hall–Kier alpha value is -4.07. The van der Waals surface area contributed by atoms with Crippen LogP contribution in [-0.4, -0.2) is 39.6 Å². The molecule has 8 heteroatoms. The second-order valence-electron chi connectivity index (χ2n) is 8.03. The number of carbonyl (C=O) groups excluding carboxylic acids is 4. The van der Waals surface area contributed by atoms with Gasteiger partial charge < -0.3 is 10.2 Å². The number of benzene rings is 2. The van der Waals surface area contributed by atoms with Gasteiger partial charge in [0, 0.05) is 36.4 Å². The summed E-state index contributed by atoms with van der Waals surface area (Å²) in [6.45, 7) is 1.72. The van der Waals surface area contributed by atoms with Crippen LogP contribution < -0.4 is 10.6 Å². The first-order valence-electron chi connectivity index (χ1n) is 10.4. The van der Waals surface area contributed by atoms with E-state index in [1.54, 1.807) is 6.07 Å². The number of piperidine rings is 1. The number of nitrogens with zero attached hydrogens (tertiary/aromatic N) is 2. The van der Waals surface area contributed by atoms with Gasteiger partial charge in [0.1, 0.15) is 11.9 Å². The van der Waals surface area contributed by atoms with E-state index < -0.39 is 11.9 Å². The fourth-order valence-electron chi connectivity index (χ4n) is 4.38. The fraction of sp³-hybridized carbons (Fsp3) is 0.208. The fourth-order valence-corrected chi connectivity index (χ4v) is 4.38. The van der Waals surface area contributed by atoms with Crippen LogP contribution in [0.2, 0.25) is 0 Å². The molecule has 2 aliphatic rings. The third-order valence-electron chi connectivity index (χ3n) is 5.84. The van der Waals surface area contributed by atoms with Gasteiger partial charge in [0.05, 0.1) is 5.69 Å². The van der Waals surface area contributed by atoms with Crippen molar-refractivity contribution in [2.75, 3.05) is 5.32 Å². The van der Waals surface area contributed by atoms with Crippen LogP contribution in [0.3, 0.4) is 0 Å². The molecule has 1 fully saturated rings. The summed E-state index contributed by atoms with van der Waals surface area (Å²) in [7, 11) is 0. The Morgan fingerprint density at radius 1 is 1.12 bits per heavy atom. The molecule has 0 aliphatic carbocycles. The Balaban J connectivity index is 1.53. The molecule has 0 unspecified atom stereocenters. The van der Waals surface area contributed by atoms with Gasteiger partial charge in [0.15, 0.2) is 0 Å². The van der Waals surface area contributed by atoms with Gasteiger partial charge in [-0.25, -0.2) is 4.98 Å². The van der Waals surface area contributed by atoms with E-state index in [1.807, 2.05) is 42.5 Å². The Morgan fingerprint density at radius 2 is 1.94 bits per heavy atom. The predicted octanol–water partition coefficient (Wildman–Crippen LogP) is 2.62. The number of fused-ring (bicyclic) bond motifs is 2. The van der Waals surface area contributed by atoms with Crippen molar-refractivity contribution in [2.24, 2.45) is 0 Å². The summed E-state index contributed by atoms with van der Waals surface area (Å²) in [5, 5.41) is 6.91. The molecule has 0 spiro atoms. The van der Waals surface area contributed by atoms with Crippen molar-refractivity contribution in [3.63, 3.8) is 0 Å². The summed E-state index contributed by atoms with van der Waals surface area (Å²) in [6.07, 6.45) is 0.538. The number of pyridine rings is 1. The first-order chi connectivity index (χ1) is 15.4. The maximum atomic E-state index is 13.0. The lowest BCUT2D eigenvalue weighted by Crippen LogP contribution is -2.52. The monoisotopic (exact) mass is 428 g/mol. The Kier molecular flexibility index (Phi) is 4.70. The lowest BCUT2D eigenvalue weighted by Gasteiger charge is -2.29. The van der Waals surface area contributed by atoms with Crippen molar-refractivity contribution in [2.45, 2.75) is 32.4 Å². The third kappa shape index (κ3) is 3.39. The SMILES string of the molecule is CC(=O)Nc1cc2ccccc2c(-c2ccc3c(c2)CN([C@H]2CCC(=O)NC2=O)C3=O)n1. The zero-order chi connectivity index (χ0) is 22.4. The molecule has 2 aromatic carbocycles. The molecule has 3 heterocycles. The van der Waals surface area contributed by atoms with Crippen LogP contribution >= 0.6 is 0 Å². The summed E-state index contributed by atoms with van der Waals surface area (Å²) in [6, 6.07) is 14.4. The minimum Gasteiger partial charge on any atom is -0.322 e. The quantitative estimate of drug-likeness (QED) is 0.624. The number of carbonyl (C=O) groups is 4. The van der Waals surface area contributed by atoms with Crippen molar-refractivity contribution in [3.05, 3.63) is 59.7 Å². The van der Waals surface area contributed by atoms with E-state index in [-0.39, 0.29) is 30.7 Å². The van der Waals surface area contributed by atoms with E-state index in [0.717, 1.165) is 21.9 Å². The van der Waals surface area contributed by atoms with Crippen molar-refractivity contribution in [1.29, 1.82) is 0 Å². The van der Waals surface area contributed by atoms with Crippen molar-refractivity contribution < 1.29 is 19.2 Å². The largest absolute Gasteiger partial charge is 0.322 e. The molecule has 5 rings (SSSR count). The van der Waals surface area contributed by atoms with Crippen LogP contribution in [0.5, 0.6) is 0 Å². The van der Waals surface area contributed by atoms with Gasteiger partial charge >= 0.3 is 0 Å². The van der Waals surface area contributed by atoms with Gasteiger partial charge in [0.2, 0.25) is 17.7 Å². The minimum absolute atomic E-state index is 0.210. The molecule has 2 N–H and O–H groups in total. The van der Waals surface area contributed by atoms with Crippen LogP contribution in [0, 0.1) is 0 Å². The van der Waals surface area contributed by atoms with Gasteiger partial charge in [0.25, 0.3) is 5.91 Å². The first kappa shape index (κ1) is 19.9. The van der Waals surface area contributed by atoms with Crippen LogP contribution in [0.25, 0.3) is 22.0 Å². The standard InChI is InChI=1S/C24H20N4O4/c1-13(29)25-20-11-14-4-2-3-5-17(14)22(26-20)15-6-7-18-16(10-15)12-28(24(18)32)19-8-9-21(30)27-23(19)31/h2-7,10-11,19H,8-9,12H2,1H3,(H,25,26,29)(H,27,30,31)/t19-/m0/s1. The number of hydrogen-bond acceptors (Lipinski definition) is 5. The number of aromatic nitrogens is 1. The van der Waals surface area contributed by atoms with Crippen LogP contribution in [0.15, 0.2) is 48.5 Å². The van der Waals surface area contributed by atoms with E-state index in [4.69, 9.17) is 0 Å². The Labute approximate surface area is 183 Å². The molecule has 160 valence electrons. The molecule has 0 bridgehead atoms. The smallest absolute Gasteiger partial charge is 0.255 e. The second-order valence-corrected chi connectivity index (χ2v) is 8.03. The number of rotatable bonds is 3. The van der Waals surface area contributed by atoms with Crippen molar-refractivity contribution in [1.82, 2.24) is 15.2 Å². The molecular weight excluding hydrogens is 408 g/mol. The van der Waals surface area contributed by atoms with Crippen LogP contribution in [0.4, 0.5) is 5.82 Å². The maximum absolute atomic E-state index is 13.0. The minimum atomic E-state index is -0.655. The average Bonchev–Trinajstić information content (AvgIpc) is 3.08. The number of anilines is 1. The number of hydrogen-bond donors (Lipinski definition) is 2. The molecule has 3 aromatic rings. The highest BCUT2D eigenvalue weighted by molar-refractivity contribution is 6.06. The predicted molar refractivity (Wildman–Crippen MR) is 118 cm³/mol. The molecule has 32 heavy (non-hydrogen) atoms. The summed E-state index contributed by atoms with van der Waals surface area (Å²) in [5.74, 6) is -0.718. The van der Waals surface area contributed by atoms with E-state index in [2.05, 4.69) is 15.6 Å². The summed E-state index contributed by atoms with van der Waals surface area (Å²) in [5.41, 5.74) is 2.85.